The summed E-state index contributed by atoms with van der Waals surface area (Å²) in [5.74, 6) is 0.842. The molecule has 0 saturated carbocycles. The third-order valence-corrected chi connectivity index (χ3v) is 4.70. The van der Waals surface area contributed by atoms with Crippen LogP contribution in [0.15, 0.2) is 6.07 Å². The number of carbonyl (C=O) groups is 1. The Bertz CT molecular complexity index is 635. The summed E-state index contributed by atoms with van der Waals surface area (Å²) in [5.41, 5.74) is 1.39. The number of aromatic nitrogens is 1. The van der Waals surface area contributed by atoms with Gasteiger partial charge in [0.2, 0.25) is 0 Å². The van der Waals surface area contributed by atoms with Gasteiger partial charge in [-0.1, -0.05) is 11.6 Å². The molecule has 0 unspecified atom stereocenters. The minimum Gasteiger partial charge on any atom is -0.378 e. The molecule has 0 N–H and O–H groups in total. The first-order chi connectivity index (χ1) is 9.20. The van der Waals surface area contributed by atoms with Crippen LogP contribution in [-0.4, -0.2) is 37.6 Å². The summed E-state index contributed by atoms with van der Waals surface area (Å²) in [6, 6.07) is 1.93. The molecule has 0 amide bonds. The predicted molar refractivity (Wildman–Crippen MR) is 77.8 cm³/mol. The fourth-order valence-corrected chi connectivity index (χ4v) is 3.54. The smallest absolute Gasteiger partial charge is 0.168 e. The Balaban J connectivity index is 2.21. The van der Waals surface area contributed by atoms with E-state index < -0.39 is 0 Å². The first-order valence-corrected chi connectivity index (χ1v) is 7.27. The predicted octanol–water partition coefficient (Wildman–Crippen LogP) is 2.91. The van der Waals surface area contributed by atoms with Crippen molar-refractivity contribution in [1.29, 1.82) is 0 Å². The average Bonchev–Trinajstić information content (AvgIpc) is 2.82. The van der Waals surface area contributed by atoms with Gasteiger partial charge in [-0.25, -0.2) is 4.98 Å². The Morgan fingerprint density at radius 2 is 2.21 bits per heavy atom. The molecule has 0 aromatic carbocycles. The average molecular weight is 297 g/mol. The number of aryl methyl sites for hydroxylation is 1. The number of carbonyl (C=O) groups excluding carboxylic acids is 1. The Morgan fingerprint density at radius 1 is 1.47 bits per heavy atom. The standard InChI is InChI=1S/C13H13ClN2O2S/c1-8-10(7-17)15-13(16-2-4-18-5-3-16)9-6-11(14)19-12(8)9/h6-7H,2-5H2,1H3. The third kappa shape index (κ3) is 2.22. The summed E-state index contributed by atoms with van der Waals surface area (Å²) in [6.07, 6.45) is 0.812. The van der Waals surface area contributed by atoms with Crippen molar-refractivity contribution in [2.45, 2.75) is 6.92 Å². The largest absolute Gasteiger partial charge is 0.378 e. The van der Waals surface area contributed by atoms with Crippen LogP contribution in [0.2, 0.25) is 4.34 Å². The maximum absolute atomic E-state index is 11.2. The van der Waals surface area contributed by atoms with Crippen LogP contribution in [0.4, 0.5) is 5.82 Å². The molecule has 3 rings (SSSR count). The van der Waals surface area contributed by atoms with Crippen LogP contribution in [0.3, 0.4) is 0 Å². The minimum absolute atomic E-state index is 0.493. The van der Waals surface area contributed by atoms with Crippen molar-refractivity contribution >= 4 is 45.1 Å². The monoisotopic (exact) mass is 296 g/mol. The van der Waals surface area contributed by atoms with Crippen LogP contribution >= 0.6 is 22.9 Å². The number of hydrogen-bond donors (Lipinski definition) is 0. The molecule has 1 saturated heterocycles. The Morgan fingerprint density at radius 3 is 2.89 bits per heavy atom. The third-order valence-electron chi connectivity index (χ3n) is 3.32. The van der Waals surface area contributed by atoms with Crippen molar-refractivity contribution < 1.29 is 9.53 Å². The van der Waals surface area contributed by atoms with Gasteiger partial charge in [0, 0.05) is 23.2 Å². The molecular weight excluding hydrogens is 284 g/mol. The number of ether oxygens (including phenoxy) is 1. The number of nitrogens with zero attached hydrogens (tertiary/aromatic N) is 2. The van der Waals surface area contributed by atoms with Crippen molar-refractivity contribution in [1.82, 2.24) is 4.98 Å². The second kappa shape index (κ2) is 5.07. The Hall–Kier alpha value is -1.17. The van der Waals surface area contributed by atoms with E-state index in [0.717, 1.165) is 45.2 Å². The Labute approximate surface area is 119 Å². The molecule has 0 radical (unpaired) electrons. The van der Waals surface area contributed by atoms with Crippen LogP contribution in [0.5, 0.6) is 0 Å². The van der Waals surface area contributed by atoms with E-state index >= 15 is 0 Å². The van der Waals surface area contributed by atoms with Gasteiger partial charge in [-0.3, -0.25) is 4.79 Å². The maximum atomic E-state index is 11.2. The number of anilines is 1. The van der Waals surface area contributed by atoms with Gasteiger partial charge in [-0.2, -0.15) is 0 Å². The highest BCUT2D eigenvalue weighted by atomic mass is 35.5. The zero-order valence-corrected chi connectivity index (χ0v) is 12.1. The lowest BCUT2D eigenvalue weighted by molar-refractivity contribution is 0.111. The van der Waals surface area contributed by atoms with E-state index in [-0.39, 0.29) is 0 Å². The van der Waals surface area contributed by atoms with E-state index in [1.54, 1.807) is 0 Å². The quantitative estimate of drug-likeness (QED) is 0.799. The van der Waals surface area contributed by atoms with E-state index in [2.05, 4.69) is 9.88 Å². The highest BCUT2D eigenvalue weighted by Crippen LogP contribution is 2.37. The SMILES string of the molecule is Cc1c(C=O)nc(N2CCOCC2)c2cc(Cl)sc12. The summed E-state index contributed by atoms with van der Waals surface area (Å²) >= 11 is 7.62. The van der Waals surface area contributed by atoms with E-state index in [0.29, 0.717) is 18.9 Å². The lowest BCUT2D eigenvalue weighted by Gasteiger charge is -2.28. The van der Waals surface area contributed by atoms with Gasteiger partial charge in [-0.15, -0.1) is 11.3 Å². The van der Waals surface area contributed by atoms with Gasteiger partial charge in [0.1, 0.15) is 11.5 Å². The zero-order chi connectivity index (χ0) is 13.4. The van der Waals surface area contributed by atoms with Crippen LogP contribution in [-0.2, 0) is 4.74 Å². The van der Waals surface area contributed by atoms with Crippen LogP contribution in [0.1, 0.15) is 16.1 Å². The fraction of sp³-hybridized carbons (Fsp3) is 0.385. The summed E-state index contributed by atoms with van der Waals surface area (Å²) in [7, 11) is 0. The number of rotatable bonds is 2. The second-order valence-corrected chi connectivity index (χ2v) is 6.14. The maximum Gasteiger partial charge on any atom is 0.168 e. The van der Waals surface area contributed by atoms with Crippen molar-refractivity contribution in [3.8, 4) is 0 Å². The molecule has 2 aromatic heterocycles. The van der Waals surface area contributed by atoms with Crippen molar-refractivity contribution in [2.75, 3.05) is 31.2 Å². The molecule has 0 bridgehead atoms. The van der Waals surface area contributed by atoms with Crippen LogP contribution in [0, 0.1) is 6.92 Å². The number of morpholine rings is 1. The molecular formula is C13H13ClN2O2S. The molecule has 1 aliphatic heterocycles. The number of fused-ring (bicyclic) bond motifs is 1. The topological polar surface area (TPSA) is 42.4 Å². The molecule has 0 atom stereocenters. The Kier molecular flexibility index (Phi) is 3.43. The number of hydrogen-bond acceptors (Lipinski definition) is 5. The first kappa shape index (κ1) is 12.8. The van der Waals surface area contributed by atoms with Crippen LogP contribution in [0.25, 0.3) is 10.1 Å². The van der Waals surface area contributed by atoms with Crippen molar-refractivity contribution in [3.05, 3.63) is 21.7 Å². The molecule has 4 nitrogen and oxygen atoms in total. The highest BCUT2D eigenvalue weighted by Gasteiger charge is 2.20. The van der Waals surface area contributed by atoms with Gasteiger partial charge in [0.25, 0.3) is 0 Å². The molecule has 1 fully saturated rings. The summed E-state index contributed by atoms with van der Waals surface area (Å²) in [6.45, 7) is 4.86. The van der Waals surface area contributed by atoms with Gasteiger partial charge in [-0.05, 0) is 18.6 Å². The number of pyridine rings is 1. The molecule has 100 valence electrons. The number of aldehydes is 1. The van der Waals surface area contributed by atoms with Gasteiger partial charge in [0.15, 0.2) is 6.29 Å². The van der Waals surface area contributed by atoms with Gasteiger partial charge >= 0.3 is 0 Å². The van der Waals surface area contributed by atoms with E-state index in [1.165, 1.54) is 11.3 Å². The molecule has 6 heteroatoms. The van der Waals surface area contributed by atoms with E-state index in [9.17, 15) is 4.79 Å². The fourth-order valence-electron chi connectivity index (χ4n) is 2.31. The zero-order valence-electron chi connectivity index (χ0n) is 10.5. The second-order valence-electron chi connectivity index (χ2n) is 4.46. The molecule has 19 heavy (non-hydrogen) atoms. The molecule has 3 heterocycles. The number of thiophene rings is 1. The van der Waals surface area contributed by atoms with Crippen molar-refractivity contribution in [2.24, 2.45) is 0 Å². The summed E-state index contributed by atoms with van der Waals surface area (Å²) in [5, 5.41) is 1.03. The lowest BCUT2D eigenvalue weighted by Crippen LogP contribution is -2.37. The first-order valence-electron chi connectivity index (χ1n) is 6.08. The summed E-state index contributed by atoms with van der Waals surface area (Å²) < 4.78 is 7.12. The molecule has 2 aromatic rings. The van der Waals surface area contributed by atoms with E-state index in [4.69, 9.17) is 16.3 Å². The number of halogens is 1. The minimum atomic E-state index is 0.493. The summed E-state index contributed by atoms with van der Waals surface area (Å²) in [4.78, 5) is 17.8. The van der Waals surface area contributed by atoms with Gasteiger partial charge in [0.05, 0.1) is 17.6 Å². The lowest BCUT2D eigenvalue weighted by atomic mass is 10.1. The molecule has 0 spiro atoms. The van der Waals surface area contributed by atoms with Gasteiger partial charge < -0.3 is 9.64 Å². The molecule has 1 aliphatic rings. The highest BCUT2D eigenvalue weighted by molar-refractivity contribution is 7.23. The van der Waals surface area contributed by atoms with Crippen LogP contribution < -0.4 is 4.90 Å². The normalized spacial score (nSPS) is 16.0. The van der Waals surface area contributed by atoms with E-state index in [1.807, 2.05) is 13.0 Å². The molecule has 0 aliphatic carbocycles. The van der Waals surface area contributed by atoms with Crippen molar-refractivity contribution in [3.63, 3.8) is 0 Å².